The summed E-state index contributed by atoms with van der Waals surface area (Å²) in [5.41, 5.74) is 9.42. The van der Waals surface area contributed by atoms with E-state index >= 15 is 0 Å². The molecule has 3 nitrogen and oxygen atoms in total. The molecule has 0 aliphatic heterocycles. The van der Waals surface area contributed by atoms with Gasteiger partial charge in [0.2, 0.25) is 0 Å². The molecule has 0 spiro atoms. The Bertz CT molecular complexity index is 794. The molecule has 0 unspecified atom stereocenters. The zero-order valence-electron chi connectivity index (χ0n) is 11.3. The predicted octanol–water partition coefficient (Wildman–Crippen LogP) is 4.43. The molecule has 0 aliphatic rings. The molecule has 3 aromatic rings. The summed E-state index contributed by atoms with van der Waals surface area (Å²) in [6.07, 6.45) is 0. The van der Waals surface area contributed by atoms with Gasteiger partial charge < -0.3 is 5.73 Å². The lowest BCUT2D eigenvalue weighted by Crippen LogP contribution is -1.91. The van der Waals surface area contributed by atoms with E-state index in [1.807, 2.05) is 19.1 Å². The minimum atomic E-state index is -0.320. The van der Waals surface area contributed by atoms with Gasteiger partial charge in [-0.05, 0) is 36.8 Å². The molecular formula is C16H13ClFN3. The van der Waals surface area contributed by atoms with E-state index in [4.69, 9.17) is 17.3 Å². The van der Waals surface area contributed by atoms with Crippen molar-refractivity contribution in [3.8, 4) is 22.4 Å². The molecular weight excluding hydrogens is 289 g/mol. The Labute approximate surface area is 126 Å². The summed E-state index contributed by atoms with van der Waals surface area (Å²) in [6, 6.07) is 12.1. The quantitative estimate of drug-likeness (QED) is 0.736. The number of aryl methyl sites for hydroxylation is 1. The van der Waals surface area contributed by atoms with Crippen LogP contribution in [0.15, 0.2) is 42.5 Å². The van der Waals surface area contributed by atoms with E-state index in [0.717, 1.165) is 11.1 Å². The van der Waals surface area contributed by atoms with Gasteiger partial charge in [-0.15, -0.1) is 0 Å². The lowest BCUT2D eigenvalue weighted by Gasteiger charge is -2.07. The molecule has 106 valence electrons. The average molecular weight is 302 g/mol. The van der Waals surface area contributed by atoms with E-state index in [1.165, 1.54) is 6.07 Å². The molecule has 3 rings (SSSR count). The first-order valence-corrected chi connectivity index (χ1v) is 6.80. The van der Waals surface area contributed by atoms with Crippen molar-refractivity contribution in [2.75, 3.05) is 5.73 Å². The third-order valence-electron chi connectivity index (χ3n) is 3.32. The number of nitrogens with one attached hydrogen (secondary N) is 1. The first kappa shape index (κ1) is 13.6. The van der Waals surface area contributed by atoms with Crippen LogP contribution >= 0.6 is 11.6 Å². The Balaban J connectivity index is 2.21. The van der Waals surface area contributed by atoms with Gasteiger partial charge in [0, 0.05) is 10.6 Å². The summed E-state index contributed by atoms with van der Waals surface area (Å²) >= 11 is 5.90. The number of hydrogen-bond acceptors (Lipinski definition) is 2. The first-order valence-electron chi connectivity index (χ1n) is 6.42. The maximum absolute atomic E-state index is 14.1. The number of hydrogen-bond donors (Lipinski definition) is 2. The highest BCUT2D eigenvalue weighted by atomic mass is 35.5. The van der Waals surface area contributed by atoms with Gasteiger partial charge in [0.25, 0.3) is 0 Å². The molecule has 0 amide bonds. The number of benzene rings is 2. The topological polar surface area (TPSA) is 54.7 Å². The van der Waals surface area contributed by atoms with Crippen molar-refractivity contribution >= 4 is 17.4 Å². The standard InChI is InChI=1S/C16H13ClFN3/c1-9-2-7-13(18)12(8-9)15-14(16(19)21-20-15)10-3-5-11(17)6-4-10/h2-8H,1H3,(H3,19,20,21). The molecule has 0 atom stereocenters. The average Bonchev–Trinajstić information content (AvgIpc) is 2.84. The highest BCUT2D eigenvalue weighted by Crippen LogP contribution is 2.36. The minimum absolute atomic E-state index is 0.320. The Hall–Kier alpha value is -2.33. The number of anilines is 1. The molecule has 0 fully saturated rings. The molecule has 3 N–H and O–H groups in total. The number of rotatable bonds is 2. The van der Waals surface area contributed by atoms with Gasteiger partial charge in [0.05, 0.1) is 11.3 Å². The minimum Gasteiger partial charge on any atom is -0.382 e. The van der Waals surface area contributed by atoms with E-state index in [0.29, 0.717) is 27.7 Å². The smallest absolute Gasteiger partial charge is 0.153 e. The van der Waals surface area contributed by atoms with Gasteiger partial charge in [-0.25, -0.2) is 4.39 Å². The molecule has 0 aliphatic carbocycles. The number of nitrogen functional groups attached to an aromatic ring is 1. The van der Waals surface area contributed by atoms with Crippen molar-refractivity contribution in [3.05, 3.63) is 58.9 Å². The monoisotopic (exact) mass is 301 g/mol. The number of nitrogens with zero attached hydrogens (tertiary/aromatic N) is 1. The fourth-order valence-electron chi connectivity index (χ4n) is 2.29. The van der Waals surface area contributed by atoms with E-state index < -0.39 is 0 Å². The molecule has 0 bridgehead atoms. The molecule has 5 heteroatoms. The van der Waals surface area contributed by atoms with Crippen LogP contribution < -0.4 is 5.73 Å². The van der Waals surface area contributed by atoms with Gasteiger partial charge in [-0.3, -0.25) is 5.10 Å². The van der Waals surface area contributed by atoms with Crippen LogP contribution in [0.4, 0.5) is 10.2 Å². The van der Waals surface area contributed by atoms with Crippen molar-refractivity contribution in [2.24, 2.45) is 0 Å². The molecule has 0 saturated carbocycles. The second kappa shape index (κ2) is 5.22. The summed E-state index contributed by atoms with van der Waals surface area (Å²) < 4.78 is 14.1. The fourth-order valence-corrected chi connectivity index (χ4v) is 2.42. The Morgan fingerprint density at radius 1 is 1.14 bits per heavy atom. The zero-order valence-corrected chi connectivity index (χ0v) is 12.1. The molecule has 0 radical (unpaired) electrons. The van der Waals surface area contributed by atoms with Gasteiger partial charge in [-0.2, -0.15) is 5.10 Å². The zero-order chi connectivity index (χ0) is 15.0. The third kappa shape index (κ3) is 2.50. The number of nitrogens with two attached hydrogens (primary N) is 1. The van der Waals surface area contributed by atoms with Crippen LogP contribution in [0.3, 0.4) is 0 Å². The second-order valence-corrected chi connectivity index (χ2v) is 5.29. The molecule has 2 aromatic carbocycles. The Morgan fingerprint density at radius 2 is 1.86 bits per heavy atom. The van der Waals surface area contributed by atoms with Crippen LogP contribution in [0.1, 0.15) is 5.56 Å². The normalized spacial score (nSPS) is 10.8. The maximum Gasteiger partial charge on any atom is 0.153 e. The van der Waals surface area contributed by atoms with Crippen molar-refractivity contribution in [1.29, 1.82) is 0 Å². The first-order chi connectivity index (χ1) is 10.1. The van der Waals surface area contributed by atoms with Gasteiger partial charge in [0.1, 0.15) is 5.82 Å². The van der Waals surface area contributed by atoms with Crippen molar-refractivity contribution in [2.45, 2.75) is 6.92 Å². The van der Waals surface area contributed by atoms with E-state index in [1.54, 1.807) is 24.3 Å². The maximum atomic E-state index is 14.1. The molecule has 1 heterocycles. The van der Waals surface area contributed by atoms with E-state index in [-0.39, 0.29) is 5.82 Å². The van der Waals surface area contributed by atoms with Gasteiger partial charge >= 0.3 is 0 Å². The number of halogens is 2. The Morgan fingerprint density at radius 3 is 2.57 bits per heavy atom. The van der Waals surface area contributed by atoms with E-state index in [9.17, 15) is 4.39 Å². The van der Waals surface area contributed by atoms with Gasteiger partial charge in [-0.1, -0.05) is 35.4 Å². The molecule has 1 aromatic heterocycles. The third-order valence-corrected chi connectivity index (χ3v) is 3.57. The van der Waals surface area contributed by atoms with Crippen molar-refractivity contribution < 1.29 is 4.39 Å². The van der Waals surface area contributed by atoms with Crippen molar-refractivity contribution in [3.63, 3.8) is 0 Å². The Kier molecular flexibility index (Phi) is 3.39. The fraction of sp³-hybridized carbons (Fsp3) is 0.0625. The van der Waals surface area contributed by atoms with Crippen LogP contribution in [-0.2, 0) is 0 Å². The lowest BCUT2D eigenvalue weighted by molar-refractivity contribution is 0.630. The highest BCUT2D eigenvalue weighted by molar-refractivity contribution is 6.30. The second-order valence-electron chi connectivity index (χ2n) is 4.85. The van der Waals surface area contributed by atoms with Gasteiger partial charge in [0.15, 0.2) is 5.82 Å². The number of H-pyrrole nitrogens is 1. The summed E-state index contributed by atoms with van der Waals surface area (Å²) in [5.74, 6) is 0.00712. The summed E-state index contributed by atoms with van der Waals surface area (Å²) in [4.78, 5) is 0. The van der Waals surface area contributed by atoms with E-state index in [2.05, 4.69) is 10.2 Å². The van der Waals surface area contributed by atoms with Crippen LogP contribution in [0, 0.1) is 12.7 Å². The highest BCUT2D eigenvalue weighted by Gasteiger charge is 2.17. The van der Waals surface area contributed by atoms with Crippen LogP contribution in [0.25, 0.3) is 22.4 Å². The van der Waals surface area contributed by atoms with Crippen LogP contribution in [0.2, 0.25) is 5.02 Å². The predicted molar refractivity (Wildman–Crippen MR) is 83.6 cm³/mol. The lowest BCUT2D eigenvalue weighted by atomic mass is 9.99. The summed E-state index contributed by atoms with van der Waals surface area (Å²) in [7, 11) is 0. The van der Waals surface area contributed by atoms with Crippen LogP contribution in [-0.4, -0.2) is 10.2 Å². The molecule has 0 saturated heterocycles. The number of aromatic nitrogens is 2. The SMILES string of the molecule is Cc1ccc(F)c(-c2[nH]nc(N)c2-c2ccc(Cl)cc2)c1. The largest absolute Gasteiger partial charge is 0.382 e. The summed E-state index contributed by atoms with van der Waals surface area (Å²) in [6.45, 7) is 1.91. The molecule has 21 heavy (non-hydrogen) atoms. The summed E-state index contributed by atoms with van der Waals surface area (Å²) in [5, 5.41) is 7.47. The van der Waals surface area contributed by atoms with Crippen molar-refractivity contribution in [1.82, 2.24) is 10.2 Å². The number of aromatic amines is 1. The van der Waals surface area contributed by atoms with Crippen LogP contribution in [0.5, 0.6) is 0 Å².